The molecule has 5 heteroatoms. The van der Waals surface area contributed by atoms with E-state index in [1.807, 2.05) is 0 Å². The Labute approximate surface area is 331 Å². The predicted octanol–water partition coefficient (Wildman–Crippen LogP) is 14.3. The van der Waals surface area contributed by atoms with Crippen LogP contribution in [0.4, 0.5) is 0 Å². The molecule has 0 radical (unpaired) electrons. The lowest BCUT2D eigenvalue weighted by molar-refractivity contribution is -0.178. The number of esters is 2. The summed E-state index contributed by atoms with van der Waals surface area (Å²) in [7, 11) is 0. The molecule has 2 atom stereocenters. The van der Waals surface area contributed by atoms with Gasteiger partial charge in [-0.25, -0.2) is 9.59 Å². The van der Waals surface area contributed by atoms with Gasteiger partial charge in [-0.1, -0.05) is 182 Å². The Hall–Kier alpha value is -1.46. The molecule has 0 aromatic heterocycles. The highest BCUT2D eigenvalue weighted by Crippen LogP contribution is 2.33. The molecule has 0 aromatic rings. The molecule has 0 bridgehead atoms. The van der Waals surface area contributed by atoms with Gasteiger partial charge in [0.2, 0.25) is 0 Å². The number of allylic oxidation sites excluding steroid dienone is 4. The van der Waals surface area contributed by atoms with Crippen molar-refractivity contribution in [2.75, 3.05) is 26.2 Å². The Morgan fingerprint density at radius 2 is 0.660 bits per heavy atom. The Morgan fingerprint density at radius 3 is 0.925 bits per heavy atom. The second-order valence-corrected chi connectivity index (χ2v) is 15.8. The van der Waals surface area contributed by atoms with Crippen LogP contribution in [-0.4, -0.2) is 59.0 Å². The van der Waals surface area contributed by atoms with E-state index in [0.717, 1.165) is 77.5 Å². The molecule has 312 valence electrons. The van der Waals surface area contributed by atoms with Crippen LogP contribution >= 0.6 is 0 Å². The van der Waals surface area contributed by atoms with E-state index in [9.17, 15) is 9.59 Å². The fourth-order valence-corrected chi connectivity index (χ4v) is 8.42. The first-order chi connectivity index (χ1) is 25.8. The quantitative estimate of drug-likeness (QED) is 0.0273. The van der Waals surface area contributed by atoms with Gasteiger partial charge < -0.3 is 4.74 Å². The van der Waals surface area contributed by atoms with Crippen LogP contribution in [-0.2, 0) is 14.3 Å². The van der Waals surface area contributed by atoms with Gasteiger partial charge in [-0.2, -0.15) is 0 Å². The van der Waals surface area contributed by atoms with Crippen LogP contribution in [0.3, 0.4) is 0 Å². The van der Waals surface area contributed by atoms with Crippen molar-refractivity contribution in [2.45, 2.75) is 246 Å². The minimum atomic E-state index is -0.762. The van der Waals surface area contributed by atoms with Crippen LogP contribution in [0.15, 0.2) is 24.3 Å². The van der Waals surface area contributed by atoms with Crippen molar-refractivity contribution in [3.05, 3.63) is 24.3 Å². The normalized spacial score (nSPS) is 14.5. The maximum Gasteiger partial charge on any atom is 0.334 e. The van der Waals surface area contributed by atoms with E-state index in [0.29, 0.717) is 12.8 Å². The summed E-state index contributed by atoms with van der Waals surface area (Å²) in [6, 6.07) is 0. The van der Waals surface area contributed by atoms with Crippen LogP contribution in [0.25, 0.3) is 0 Å². The zero-order valence-electron chi connectivity index (χ0n) is 37.1. The third-order valence-electron chi connectivity index (χ3n) is 12.1. The van der Waals surface area contributed by atoms with Gasteiger partial charge in [-0.3, -0.25) is 9.80 Å². The molecule has 53 heavy (non-hydrogen) atoms. The zero-order chi connectivity index (χ0) is 39.5. The molecule has 0 N–H and O–H groups in total. The molecule has 0 saturated heterocycles. The van der Waals surface area contributed by atoms with E-state index in [1.54, 1.807) is 0 Å². The largest absolute Gasteiger partial charge is 0.390 e. The average Bonchev–Trinajstić information content (AvgIpc) is 3.17. The van der Waals surface area contributed by atoms with Crippen LogP contribution < -0.4 is 0 Å². The number of unbranched alkanes of at least 4 members (excludes halogenated alkanes) is 20. The number of nitrogens with zero attached hydrogens (tertiary/aromatic N) is 2. The molecule has 0 spiro atoms. The Bertz CT molecular complexity index is 836. The number of likely N-dealkylation sites (N-methyl/N-ethyl adjacent to an activating group) is 2. The number of hydrogen-bond donors (Lipinski definition) is 0. The van der Waals surface area contributed by atoms with E-state index in [4.69, 9.17) is 4.74 Å². The number of rotatable bonds is 38. The Morgan fingerprint density at radius 1 is 0.396 bits per heavy atom. The van der Waals surface area contributed by atoms with Gasteiger partial charge in [-0.15, -0.1) is 0 Å². The summed E-state index contributed by atoms with van der Waals surface area (Å²) in [4.78, 5) is 33.1. The van der Waals surface area contributed by atoms with Gasteiger partial charge in [0.1, 0.15) is 11.1 Å². The topological polar surface area (TPSA) is 49.9 Å². The first-order valence-corrected chi connectivity index (χ1v) is 23.4. The lowest BCUT2D eigenvalue weighted by Gasteiger charge is -2.43. The van der Waals surface area contributed by atoms with Gasteiger partial charge in [0, 0.05) is 0 Å². The van der Waals surface area contributed by atoms with Crippen LogP contribution in [0.5, 0.6) is 0 Å². The summed E-state index contributed by atoms with van der Waals surface area (Å²) >= 11 is 0. The van der Waals surface area contributed by atoms with Crippen molar-refractivity contribution < 1.29 is 14.3 Å². The van der Waals surface area contributed by atoms with E-state index in [2.05, 4.69) is 89.5 Å². The lowest BCUT2D eigenvalue weighted by Crippen LogP contribution is -2.59. The molecule has 0 amide bonds. The smallest absolute Gasteiger partial charge is 0.334 e. The SMILES string of the molecule is CCCCCCCCC=CCCCCCCC(CC)(C(=O)OC(=O)C(CC)(CCCCCCC=CCCCCCCCC)N(CC)CC)N(CC)CC. The summed E-state index contributed by atoms with van der Waals surface area (Å²) in [5.41, 5.74) is -1.52. The zero-order valence-corrected chi connectivity index (χ0v) is 37.1. The van der Waals surface area contributed by atoms with Crippen LogP contribution in [0, 0.1) is 0 Å². The van der Waals surface area contributed by atoms with Gasteiger partial charge in [0.15, 0.2) is 0 Å². The molecule has 0 rings (SSSR count). The third-order valence-corrected chi connectivity index (χ3v) is 12.1. The Kier molecular flexibility index (Phi) is 34.0. The van der Waals surface area contributed by atoms with Gasteiger partial charge in [0.05, 0.1) is 0 Å². The highest BCUT2D eigenvalue weighted by atomic mass is 16.6. The molecule has 0 aliphatic carbocycles. The third kappa shape index (κ3) is 21.4. The monoisotopic (exact) mass is 745 g/mol. The highest BCUT2D eigenvalue weighted by molar-refractivity contribution is 5.95. The maximum absolute atomic E-state index is 14.3. The van der Waals surface area contributed by atoms with Gasteiger partial charge >= 0.3 is 11.9 Å². The van der Waals surface area contributed by atoms with Crippen molar-refractivity contribution in [3.63, 3.8) is 0 Å². The molecule has 2 unspecified atom stereocenters. The van der Waals surface area contributed by atoms with E-state index >= 15 is 0 Å². The van der Waals surface area contributed by atoms with Gasteiger partial charge in [-0.05, 0) is 103 Å². The highest BCUT2D eigenvalue weighted by Gasteiger charge is 2.48. The maximum atomic E-state index is 14.3. The van der Waals surface area contributed by atoms with Crippen molar-refractivity contribution in [3.8, 4) is 0 Å². The summed E-state index contributed by atoms with van der Waals surface area (Å²) in [6.07, 6.45) is 42.1. The van der Waals surface area contributed by atoms with E-state index < -0.39 is 11.1 Å². The minimum Gasteiger partial charge on any atom is -0.390 e. The predicted molar refractivity (Wildman–Crippen MR) is 233 cm³/mol. The fraction of sp³-hybridized carbons (Fsp3) is 0.875. The Balaban J connectivity index is 5.15. The fourth-order valence-electron chi connectivity index (χ4n) is 8.42. The molecule has 0 heterocycles. The molecular weight excluding hydrogens is 653 g/mol. The van der Waals surface area contributed by atoms with Crippen molar-refractivity contribution >= 4 is 11.9 Å². The molecule has 0 aromatic carbocycles. The molecule has 0 aliphatic heterocycles. The minimum absolute atomic E-state index is 0.330. The number of ether oxygens (including phenoxy) is 1. The van der Waals surface area contributed by atoms with Crippen LogP contribution in [0.1, 0.15) is 235 Å². The first kappa shape index (κ1) is 51.5. The number of carbonyl (C=O) groups excluding carboxylic acids is 2. The second kappa shape index (κ2) is 35.0. The van der Waals surface area contributed by atoms with Crippen molar-refractivity contribution in [1.82, 2.24) is 9.80 Å². The average molecular weight is 745 g/mol. The molecule has 0 fully saturated rings. The summed E-state index contributed by atoms with van der Waals surface area (Å²) in [5.74, 6) is -0.659. The summed E-state index contributed by atoms with van der Waals surface area (Å²) in [5, 5.41) is 0. The number of carbonyl (C=O) groups is 2. The van der Waals surface area contributed by atoms with E-state index in [-0.39, 0.29) is 11.9 Å². The van der Waals surface area contributed by atoms with E-state index in [1.165, 1.54) is 116 Å². The molecular formula is C48H92N2O3. The van der Waals surface area contributed by atoms with Gasteiger partial charge in [0.25, 0.3) is 0 Å². The molecule has 5 nitrogen and oxygen atoms in total. The number of hydrogen-bond acceptors (Lipinski definition) is 5. The van der Waals surface area contributed by atoms with Crippen LogP contribution in [0.2, 0.25) is 0 Å². The summed E-state index contributed by atoms with van der Waals surface area (Å²) < 4.78 is 6.09. The standard InChI is InChI=1S/C48H92N2O3/c1-9-17-19-21-23-25-27-29-31-33-35-37-39-41-43-47(11-3,49(13-5)14-6)45(51)53-46(52)48(12-4,50(15-7)16-8)44-42-40-38-36-34-32-30-28-26-24-22-20-18-10-2/h29-32H,9-28,33-44H2,1-8H3. The first-order valence-electron chi connectivity index (χ1n) is 23.4. The van der Waals surface area contributed by atoms with Crippen molar-refractivity contribution in [1.29, 1.82) is 0 Å². The second-order valence-electron chi connectivity index (χ2n) is 15.8. The summed E-state index contributed by atoms with van der Waals surface area (Å²) in [6.45, 7) is 20.3. The van der Waals surface area contributed by atoms with Crippen molar-refractivity contribution in [2.24, 2.45) is 0 Å². The lowest BCUT2D eigenvalue weighted by atomic mass is 9.85. The molecule has 0 saturated carbocycles. The molecule has 0 aliphatic rings.